The van der Waals surface area contributed by atoms with E-state index in [1.807, 2.05) is 29.0 Å². The maximum Gasteiger partial charge on any atom is 0.254 e. The number of carbonyl (C=O) groups is 2. The third kappa shape index (κ3) is 3.43. The minimum atomic E-state index is -0.553. The van der Waals surface area contributed by atoms with Crippen LogP contribution in [0, 0.1) is 0 Å². The highest BCUT2D eigenvalue weighted by molar-refractivity contribution is 6.06. The predicted molar refractivity (Wildman–Crippen MR) is 85.9 cm³/mol. The number of amides is 1. The molecule has 2 rings (SSSR count). The number of carbonyl (C=O) groups excluding carboxylic acids is 2. The lowest BCUT2D eigenvalue weighted by Gasteiger charge is -2.13. The lowest BCUT2D eigenvalue weighted by Crippen LogP contribution is -2.35. The molecule has 0 aliphatic carbocycles. The van der Waals surface area contributed by atoms with Crippen LogP contribution in [0.15, 0.2) is 43.1 Å². The fraction of sp³-hybridized carbons (Fsp3) is 0.294. The molecular weight excluding hydrogens is 280 g/mol. The molecule has 116 valence electrons. The molecule has 0 saturated heterocycles. The van der Waals surface area contributed by atoms with Crippen LogP contribution in [0.3, 0.4) is 0 Å². The molecule has 0 spiro atoms. The van der Waals surface area contributed by atoms with Crippen molar-refractivity contribution in [3.63, 3.8) is 0 Å². The zero-order valence-electron chi connectivity index (χ0n) is 12.6. The van der Waals surface area contributed by atoms with Crippen LogP contribution in [-0.2, 0) is 16.1 Å². The number of rotatable bonds is 8. The van der Waals surface area contributed by atoms with Gasteiger partial charge in [0.1, 0.15) is 6.29 Å². The molecule has 0 bridgehead atoms. The van der Waals surface area contributed by atoms with Gasteiger partial charge in [-0.15, -0.1) is 6.58 Å². The van der Waals surface area contributed by atoms with Gasteiger partial charge in [0.15, 0.2) is 0 Å². The number of hydrogen-bond donors (Lipinski definition) is 1. The molecule has 1 heterocycles. The standard InChI is InChI=1S/C17H20N2O3/c1-3-5-14(12-20)18-17(21)15-7-4-6-13-8-9-19(16(13)15)10-11-22-2/h3-4,6-9,12,14H,1,5,10-11H2,2H3,(H,18,21)/t14-/m0/s1. The Bertz CT molecular complexity index is 676. The van der Waals surface area contributed by atoms with Gasteiger partial charge in [0.25, 0.3) is 5.91 Å². The summed E-state index contributed by atoms with van der Waals surface area (Å²) >= 11 is 0. The van der Waals surface area contributed by atoms with E-state index in [-0.39, 0.29) is 5.91 Å². The van der Waals surface area contributed by atoms with Gasteiger partial charge in [0, 0.05) is 25.2 Å². The van der Waals surface area contributed by atoms with Crippen molar-refractivity contribution in [1.29, 1.82) is 0 Å². The second-order valence-electron chi connectivity index (χ2n) is 4.99. The maximum absolute atomic E-state index is 12.5. The molecule has 0 unspecified atom stereocenters. The van der Waals surface area contributed by atoms with E-state index < -0.39 is 6.04 Å². The SMILES string of the molecule is C=CC[C@@H](C=O)NC(=O)c1cccc2ccn(CCOC)c12. The Morgan fingerprint density at radius 1 is 1.45 bits per heavy atom. The molecule has 1 atom stereocenters. The fourth-order valence-corrected chi connectivity index (χ4v) is 2.39. The number of aromatic nitrogens is 1. The molecule has 0 saturated carbocycles. The summed E-state index contributed by atoms with van der Waals surface area (Å²) in [5, 5.41) is 3.71. The van der Waals surface area contributed by atoms with Crippen LogP contribution in [-0.4, -0.2) is 36.5 Å². The van der Waals surface area contributed by atoms with Crippen molar-refractivity contribution in [3.05, 3.63) is 48.7 Å². The molecule has 1 aromatic carbocycles. The van der Waals surface area contributed by atoms with Gasteiger partial charge in [0.2, 0.25) is 0 Å². The number of benzene rings is 1. The van der Waals surface area contributed by atoms with E-state index in [2.05, 4.69) is 11.9 Å². The van der Waals surface area contributed by atoms with Crippen molar-refractivity contribution in [2.24, 2.45) is 0 Å². The topological polar surface area (TPSA) is 60.3 Å². The Morgan fingerprint density at radius 3 is 2.95 bits per heavy atom. The lowest BCUT2D eigenvalue weighted by molar-refractivity contribution is -0.109. The zero-order chi connectivity index (χ0) is 15.9. The largest absolute Gasteiger partial charge is 0.383 e. The van der Waals surface area contributed by atoms with Gasteiger partial charge in [0.05, 0.1) is 23.7 Å². The number of nitrogens with one attached hydrogen (secondary N) is 1. The average molecular weight is 300 g/mol. The van der Waals surface area contributed by atoms with Gasteiger partial charge in [-0.2, -0.15) is 0 Å². The van der Waals surface area contributed by atoms with E-state index in [1.54, 1.807) is 19.3 Å². The first-order valence-corrected chi connectivity index (χ1v) is 7.15. The van der Waals surface area contributed by atoms with Crippen molar-refractivity contribution in [3.8, 4) is 0 Å². The van der Waals surface area contributed by atoms with Gasteiger partial charge in [-0.3, -0.25) is 4.79 Å². The molecule has 1 amide bonds. The molecular formula is C17H20N2O3. The zero-order valence-corrected chi connectivity index (χ0v) is 12.6. The Morgan fingerprint density at radius 2 is 2.27 bits per heavy atom. The van der Waals surface area contributed by atoms with Gasteiger partial charge in [-0.1, -0.05) is 18.2 Å². The normalized spacial score (nSPS) is 12.0. The van der Waals surface area contributed by atoms with Crippen molar-refractivity contribution in [2.75, 3.05) is 13.7 Å². The first kappa shape index (κ1) is 16.0. The number of fused-ring (bicyclic) bond motifs is 1. The van der Waals surface area contributed by atoms with Gasteiger partial charge in [-0.05, 0) is 18.6 Å². The Balaban J connectivity index is 2.33. The highest BCUT2D eigenvalue weighted by Crippen LogP contribution is 2.20. The van der Waals surface area contributed by atoms with Crippen LogP contribution in [0.25, 0.3) is 10.9 Å². The van der Waals surface area contributed by atoms with Crippen molar-refractivity contribution < 1.29 is 14.3 Å². The lowest BCUT2D eigenvalue weighted by atomic mass is 10.1. The number of methoxy groups -OCH3 is 1. The highest BCUT2D eigenvalue weighted by atomic mass is 16.5. The van der Waals surface area contributed by atoms with E-state index in [4.69, 9.17) is 4.74 Å². The summed E-state index contributed by atoms with van der Waals surface area (Å²) in [6.45, 7) is 4.81. The van der Waals surface area contributed by atoms with E-state index >= 15 is 0 Å². The first-order chi connectivity index (χ1) is 10.7. The molecule has 22 heavy (non-hydrogen) atoms. The van der Waals surface area contributed by atoms with E-state index in [0.29, 0.717) is 25.1 Å². The third-order valence-corrected chi connectivity index (χ3v) is 3.47. The molecule has 5 heteroatoms. The monoisotopic (exact) mass is 300 g/mol. The van der Waals surface area contributed by atoms with E-state index in [9.17, 15) is 9.59 Å². The molecule has 5 nitrogen and oxygen atoms in total. The van der Waals surface area contributed by atoms with Crippen LogP contribution in [0.1, 0.15) is 16.8 Å². The van der Waals surface area contributed by atoms with Crippen LogP contribution in [0.2, 0.25) is 0 Å². The average Bonchev–Trinajstić information content (AvgIpc) is 2.95. The Hall–Kier alpha value is -2.40. The summed E-state index contributed by atoms with van der Waals surface area (Å²) in [5.41, 5.74) is 1.40. The third-order valence-electron chi connectivity index (χ3n) is 3.47. The molecule has 0 aliphatic rings. The van der Waals surface area contributed by atoms with Crippen molar-refractivity contribution in [2.45, 2.75) is 19.0 Å². The number of aldehydes is 1. The first-order valence-electron chi connectivity index (χ1n) is 7.15. The number of para-hydroxylation sites is 1. The number of ether oxygens (including phenoxy) is 1. The summed E-state index contributed by atoms with van der Waals surface area (Å²) in [4.78, 5) is 23.5. The minimum absolute atomic E-state index is 0.262. The van der Waals surface area contributed by atoms with Gasteiger partial charge in [-0.25, -0.2) is 0 Å². The fourth-order valence-electron chi connectivity index (χ4n) is 2.39. The maximum atomic E-state index is 12.5. The van der Waals surface area contributed by atoms with Crippen LogP contribution >= 0.6 is 0 Å². The molecule has 0 aliphatic heterocycles. The second kappa shape index (κ2) is 7.56. The second-order valence-corrected chi connectivity index (χ2v) is 4.99. The molecule has 0 fully saturated rings. The Labute approximate surface area is 129 Å². The minimum Gasteiger partial charge on any atom is -0.383 e. The van der Waals surface area contributed by atoms with Crippen molar-refractivity contribution in [1.82, 2.24) is 9.88 Å². The summed E-state index contributed by atoms with van der Waals surface area (Å²) < 4.78 is 7.08. The molecule has 1 aromatic heterocycles. The highest BCUT2D eigenvalue weighted by Gasteiger charge is 2.16. The van der Waals surface area contributed by atoms with Gasteiger partial charge >= 0.3 is 0 Å². The molecule has 0 radical (unpaired) electrons. The van der Waals surface area contributed by atoms with E-state index in [1.165, 1.54) is 0 Å². The van der Waals surface area contributed by atoms with Crippen LogP contribution in [0.5, 0.6) is 0 Å². The number of nitrogens with zero attached hydrogens (tertiary/aromatic N) is 1. The van der Waals surface area contributed by atoms with Crippen LogP contribution < -0.4 is 5.32 Å². The predicted octanol–water partition coefficient (Wildman–Crippen LogP) is 2.16. The summed E-state index contributed by atoms with van der Waals surface area (Å²) in [5.74, 6) is -0.262. The summed E-state index contributed by atoms with van der Waals surface area (Å²) in [6, 6.07) is 6.96. The smallest absolute Gasteiger partial charge is 0.254 e. The quantitative estimate of drug-likeness (QED) is 0.600. The summed E-state index contributed by atoms with van der Waals surface area (Å²) in [6.07, 6.45) is 4.68. The van der Waals surface area contributed by atoms with Crippen LogP contribution in [0.4, 0.5) is 0 Å². The Kier molecular flexibility index (Phi) is 5.49. The van der Waals surface area contributed by atoms with Crippen molar-refractivity contribution >= 4 is 23.1 Å². The number of hydrogen-bond acceptors (Lipinski definition) is 3. The molecule has 1 N–H and O–H groups in total. The summed E-state index contributed by atoms with van der Waals surface area (Å²) in [7, 11) is 1.64. The van der Waals surface area contributed by atoms with Gasteiger partial charge < -0.3 is 19.4 Å². The molecule has 2 aromatic rings. The van der Waals surface area contributed by atoms with E-state index in [0.717, 1.165) is 17.2 Å².